The van der Waals surface area contributed by atoms with Crippen LogP contribution in [0.4, 0.5) is 5.69 Å². The Bertz CT molecular complexity index is 1250. The highest BCUT2D eigenvalue weighted by Gasteiger charge is 2.16. The van der Waals surface area contributed by atoms with E-state index in [0.29, 0.717) is 23.3 Å². The second kappa shape index (κ2) is 12.5. The smallest absolute Gasteiger partial charge is 0.337 e. The Labute approximate surface area is 212 Å². The fourth-order valence-electron chi connectivity index (χ4n) is 3.65. The van der Waals surface area contributed by atoms with Crippen LogP contribution in [0.2, 0.25) is 0 Å². The van der Waals surface area contributed by atoms with Crippen LogP contribution in [0.25, 0.3) is 0 Å². The molecule has 3 aromatic rings. The third-order valence-corrected chi connectivity index (χ3v) is 6.09. The second-order valence-corrected chi connectivity index (χ2v) is 10.4. The van der Waals surface area contributed by atoms with Crippen LogP contribution in [0.1, 0.15) is 40.1 Å². The summed E-state index contributed by atoms with van der Waals surface area (Å²) < 4.78 is 36.8. The number of methoxy groups -OCH3 is 1. The molecule has 3 rings (SSSR count). The Kier molecular flexibility index (Phi) is 9.46. The van der Waals surface area contributed by atoms with Crippen molar-refractivity contribution in [3.8, 4) is 5.75 Å². The average molecular weight is 513 g/mol. The number of aliphatic hydroxyl groups excluding tert-OH is 1. The third kappa shape index (κ3) is 8.37. The number of hydrogen-bond acceptors (Lipinski definition) is 7. The quantitative estimate of drug-likeness (QED) is 0.317. The number of hydrogen-bond donors (Lipinski definition) is 3. The Morgan fingerprint density at radius 3 is 2.33 bits per heavy atom. The molecule has 0 aliphatic heterocycles. The number of carbonyl (C=O) groups excluding carboxylic acids is 1. The highest BCUT2D eigenvalue weighted by atomic mass is 32.2. The number of benzene rings is 3. The lowest BCUT2D eigenvalue weighted by atomic mass is 10.0. The van der Waals surface area contributed by atoms with E-state index in [1.165, 1.54) is 7.11 Å². The molecule has 0 heterocycles. The van der Waals surface area contributed by atoms with Gasteiger partial charge >= 0.3 is 5.97 Å². The molecule has 36 heavy (non-hydrogen) atoms. The van der Waals surface area contributed by atoms with Crippen LogP contribution in [0.15, 0.2) is 72.8 Å². The summed E-state index contributed by atoms with van der Waals surface area (Å²) in [7, 11) is -2.21. The van der Waals surface area contributed by atoms with Crippen LogP contribution in [0, 0.1) is 0 Å². The van der Waals surface area contributed by atoms with Gasteiger partial charge in [0.05, 0.1) is 30.7 Å². The van der Waals surface area contributed by atoms with Crippen LogP contribution in [-0.2, 0) is 27.8 Å². The van der Waals surface area contributed by atoms with Gasteiger partial charge < -0.3 is 19.9 Å². The molecule has 0 saturated heterocycles. The first kappa shape index (κ1) is 27.2. The zero-order valence-corrected chi connectivity index (χ0v) is 21.4. The summed E-state index contributed by atoms with van der Waals surface area (Å²) >= 11 is 0. The molecule has 2 atom stereocenters. The number of esters is 1. The number of aliphatic hydroxyl groups is 1. The molecule has 8 nitrogen and oxygen atoms in total. The van der Waals surface area contributed by atoms with Crippen molar-refractivity contribution in [2.45, 2.75) is 32.1 Å². The molecule has 3 aromatic carbocycles. The minimum atomic E-state index is -3.55. The molecule has 0 fully saturated rings. The number of anilines is 1. The fourth-order valence-corrected chi connectivity index (χ4v) is 4.21. The van der Waals surface area contributed by atoms with Crippen molar-refractivity contribution in [3.63, 3.8) is 0 Å². The molecule has 0 spiro atoms. The molecule has 2 unspecified atom stereocenters. The van der Waals surface area contributed by atoms with E-state index in [1.807, 2.05) is 49.4 Å². The standard InChI is InChI=1S/C27H32N2O6S/c1-19(15-20-9-11-22(12-10-20)27(31)34-2)28-17-25(30)23-13-14-26(24(16-23)29-36(3,32)33)35-18-21-7-5-4-6-8-21/h4-14,16,19,25,28-30H,15,17-18H2,1-3H3. The third-order valence-electron chi connectivity index (χ3n) is 5.50. The van der Waals surface area contributed by atoms with Crippen LogP contribution < -0.4 is 14.8 Å². The minimum absolute atomic E-state index is 0.0470. The summed E-state index contributed by atoms with van der Waals surface area (Å²) in [5.41, 5.74) is 3.30. The largest absolute Gasteiger partial charge is 0.487 e. The van der Waals surface area contributed by atoms with Crippen LogP contribution in [0.3, 0.4) is 0 Å². The lowest BCUT2D eigenvalue weighted by molar-refractivity contribution is 0.0600. The van der Waals surface area contributed by atoms with Crippen LogP contribution in [-0.4, -0.2) is 45.4 Å². The minimum Gasteiger partial charge on any atom is -0.487 e. The van der Waals surface area contributed by atoms with Crippen molar-refractivity contribution >= 4 is 21.7 Å². The molecule has 3 N–H and O–H groups in total. The number of carbonyl (C=O) groups is 1. The number of rotatable bonds is 12. The molecule has 0 aliphatic carbocycles. The molecule has 0 amide bonds. The van der Waals surface area contributed by atoms with Gasteiger partial charge in [-0.1, -0.05) is 48.5 Å². The van der Waals surface area contributed by atoms with E-state index in [1.54, 1.807) is 30.3 Å². The molecule has 192 valence electrons. The van der Waals surface area contributed by atoms with Gasteiger partial charge in [0, 0.05) is 12.6 Å². The summed E-state index contributed by atoms with van der Waals surface area (Å²) in [4.78, 5) is 11.6. The fraction of sp³-hybridized carbons (Fsp3) is 0.296. The maximum absolute atomic E-state index is 11.9. The van der Waals surface area contributed by atoms with E-state index in [2.05, 4.69) is 10.0 Å². The van der Waals surface area contributed by atoms with E-state index in [0.717, 1.165) is 17.4 Å². The highest BCUT2D eigenvalue weighted by molar-refractivity contribution is 7.92. The van der Waals surface area contributed by atoms with Gasteiger partial charge in [0.25, 0.3) is 0 Å². The zero-order valence-electron chi connectivity index (χ0n) is 20.6. The first-order valence-electron chi connectivity index (χ1n) is 11.5. The Morgan fingerprint density at radius 2 is 1.69 bits per heavy atom. The lowest BCUT2D eigenvalue weighted by Crippen LogP contribution is -2.32. The van der Waals surface area contributed by atoms with Crippen molar-refractivity contribution < 1.29 is 27.8 Å². The first-order valence-corrected chi connectivity index (χ1v) is 13.4. The monoisotopic (exact) mass is 512 g/mol. The molecule has 0 radical (unpaired) electrons. The van der Waals surface area contributed by atoms with E-state index >= 15 is 0 Å². The molecular weight excluding hydrogens is 480 g/mol. The SMILES string of the molecule is COC(=O)c1ccc(CC(C)NCC(O)c2ccc(OCc3ccccc3)c(NS(C)(=O)=O)c2)cc1. The average Bonchev–Trinajstić information content (AvgIpc) is 2.86. The zero-order chi connectivity index (χ0) is 26.1. The highest BCUT2D eigenvalue weighted by Crippen LogP contribution is 2.30. The first-order chi connectivity index (χ1) is 17.1. The number of ether oxygens (including phenoxy) is 2. The molecular formula is C27H32N2O6S. The second-order valence-electron chi connectivity index (χ2n) is 8.62. The maximum atomic E-state index is 11.9. The van der Waals surface area contributed by atoms with E-state index in [9.17, 15) is 18.3 Å². The normalized spacial score (nSPS) is 13.0. The van der Waals surface area contributed by atoms with Gasteiger partial charge in [0.15, 0.2) is 0 Å². The molecule has 0 bridgehead atoms. The molecule has 0 saturated carbocycles. The van der Waals surface area contributed by atoms with Gasteiger partial charge in [-0.05, 0) is 54.3 Å². The number of nitrogens with one attached hydrogen (secondary N) is 2. The Morgan fingerprint density at radius 1 is 1.00 bits per heavy atom. The van der Waals surface area contributed by atoms with Crippen LogP contribution in [0.5, 0.6) is 5.75 Å². The molecule has 0 aliphatic rings. The van der Waals surface area contributed by atoms with Gasteiger partial charge in [-0.3, -0.25) is 4.72 Å². The van der Waals surface area contributed by atoms with E-state index < -0.39 is 16.1 Å². The van der Waals surface area contributed by atoms with Crippen molar-refractivity contribution in [2.24, 2.45) is 0 Å². The summed E-state index contributed by atoms with van der Waals surface area (Å²) in [6.07, 6.45) is 0.900. The van der Waals surface area contributed by atoms with E-state index in [4.69, 9.17) is 9.47 Å². The predicted molar refractivity (Wildman–Crippen MR) is 140 cm³/mol. The van der Waals surface area contributed by atoms with E-state index in [-0.39, 0.29) is 30.9 Å². The van der Waals surface area contributed by atoms with Crippen LogP contribution >= 0.6 is 0 Å². The summed E-state index contributed by atoms with van der Waals surface area (Å²) in [5, 5.41) is 14.0. The predicted octanol–water partition coefficient (Wildman–Crippen LogP) is 3.68. The van der Waals surface area contributed by atoms with Crippen molar-refractivity contribution in [1.82, 2.24) is 5.32 Å². The van der Waals surface area contributed by atoms with Gasteiger partial charge in [0.1, 0.15) is 12.4 Å². The molecule has 0 aromatic heterocycles. The van der Waals surface area contributed by atoms with Gasteiger partial charge in [-0.2, -0.15) is 0 Å². The Balaban J connectivity index is 1.62. The van der Waals surface area contributed by atoms with Gasteiger partial charge in [-0.25, -0.2) is 13.2 Å². The van der Waals surface area contributed by atoms with Gasteiger partial charge in [-0.15, -0.1) is 0 Å². The van der Waals surface area contributed by atoms with Crippen molar-refractivity contribution in [2.75, 3.05) is 24.6 Å². The Hall–Kier alpha value is -3.40. The van der Waals surface area contributed by atoms with Crippen molar-refractivity contribution in [1.29, 1.82) is 0 Å². The lowest BCUT2D eigenvalue weighted by Gasteiger charge is -2.19. The summed E-state index contributed by atoms with van der Waals surface area (Å²) in [5.74, 6) is -0.00554. The number of sulfonamides is 1. The maximum Gasteiger partial charge on any atom is 0.337 e. The van der Waals surface area contributed by atoms with Crippen molar-refractivity contribution in [3.05, 3.63) is 95.1 Å². The molecule has 9 heteroatoms. The topological polar surface area (TPSA) is 114 Å². The van der Waals surface area contributed by atoms with Gasteiger partial charge in [0.2, 0.25) is 10.0 Å². The summed E-state index contributed by atoms with van der Waals surface area (Å²) in [6.45, 7) is 2.54. The summed E-state index contributed by atoms with van der Waals surface area (Å²) in [6, 6.07) is 21.7.